The Morgan fingerprint density at radius 3 is 1.93 bits per heavy atom. The highest BCUT2D eigenvalue weighted by molar-refractivity contribution is 7.00. The lowest BCUT2D eigenvalue weighted by Crippen LogP contribution is -2.59. The minimum Gasteiger partial charge on any atom is -0.458 e. The molecule has 0 saturated carbocycles. The molecule has 10 aromatic rings. The van der Waals surface area contributed by atoms with Gasteiger partial charge in [-0.2, -0.15) is 0 Å². The lowest BCUT2D eigenvalue weighted by atomic mass is 9.33. The second-order valence-corrected chi connectivity index (χ2v) is 14.5. The average molecular weight is 703 g/mol. The van der Waals surface area contributed by atoms with Crippen molar-refractivity contribution in [3.05, 3.63) is 188 Å². The van der Waals surface area contributed by atoms with E-state index >= 15 is 0 Å². The van der Waals surface area contributed by atoms with Crippen molar-refractivity contribution < 1.29 is 9.15 Å². The third-order valence-electron chi connectivity index (χ3n) is 11.5. The van der Waals surface area contributed by atoms with Crippen LogP contribution in [-0.2, 0) is 0 Å². The predicted molar refractivity (Wildman–Crippen MR) is 229 cm³/mol. The summed E-state index contributed by atoms with van der Waals surface area (Å²) in [4.78, 5) is 4.69. The normalized spacial score (nSPS) is 12.8. The Hall–Kier alpha value is -7.24. The summed E-state index contributed by atoms with van der Waals surface area (Å²) in [5, 5.41) is 6.79. The molecule has 0 N–H and O–H groups in total. The van der Waals surface area contributed by atoms with Gasteiger partial charge in [0.1, 0.15) is 22.7 Å². The summed E-state index contributed by atoms with van der Waals surface area (Å²) in [5.74, 6) is 1.76. The molecule has 0 unspecified atom stereocenters. The van der Waals surface area contributed by atoms with Gasteiger partial charge in [0.15, 0.2) is 0 Å². The Balaban J connectivity index is 1.06. The molecule has 3 heterocycles. The van der Waals surface area contributed by atoms with Gasteiger partial charge in [0, 0.05) is 50.3 Å². The van der Waals surface area contributed by atoms with Crippen molar-refractivity contribution in [2.45, 2.75) is 0 Å². The Bertz CT molecular complexity index is 3100. The molecular formula is C50H31BN2O2. The van der Waals surface area contributed by atoms with Gasteiger partial charge in [-0.1, -0.05) is 97.1 Å². The monoisotopic (exact) mass is 702 g/mol. The van der Waals surface area contributed by atoms with Gasteiger partial charge >= 0.3 is 0 Å². The number of para-hydroxylation sites is 3. The Labute approximate surface area is 318 Å². The standard InChI is InChI=1S/C50H31BN2O2/c1-4-14-34(15-5-1)52(35-16-6-2-7-17-35)37-25-27-39-33(29-37)23-26-40-41-30-47-42(31-46(41)55-50(39)40)51-48-38-20-11-10-13-32(38)24-28-44(48)53(36-18-8-3-9-19-36)43-21-12-22-45(54-47)49(43)51/h1-31H. The highest BCUT2D eigenvalue weighted by atomic mass is 16.5. The molecule has 0 atom stereocenters. The zero-order valence-electron chi connectivity index (χ0n) is 29.7. The topological polar surface area (TPSA) is 28.9 Å². The first-order valence-electron chi connectivity index (χ1n) is 18.8. The largest absolute Gasteiger partial charge is 0.458 e. The van der Waals surface area contributed by atoms with E-state index in [1.807, 2.05) is 0 Å². The van der Waals surface area contributed by atoms with E-state index in [-0.39, 0.29) is 6.71 Å². The van der Waals surface area contributed by atoms with Crippen molar-refractivity contribution in [2.24, 2.45) is 0 Å². The summed E-state index contributed by atoms with van der Waals surface area (Å²) in [6, 6.07) is 66.9. The van der Waals surface area contributed by atoms with Crippen LogP contribution in [0.5, 0.6) is 11.5 Å². The number of benzene rings is 9. The lowest BCUT2D eigenvalue weighted by Gasteiger charge is -2.40. The smallest absolute Gasteiger partial charge is 0.257 e. The first-order chi connectivity index (χ1) is 27.3. The first-order valence-corrected chi connectivity index (χ1v) is 18.8. The second kappa shape index (κ2) is 11.6. The van der Waals surface area contributed by atoms with E-state index in [0.717, 1.165) is 78.1 Å². The number of hydrogen-bond acceptors (Lipinski definition) is 4. The van der Waals surface area contributed by atoms with Crippen LogP contribution in [0, 0.1) is 0 Å². The van der Waals surface area contributed by atoms with Gasteiger partial charge in [-0.25, -0.2) is 0 Å². The highest BCUT2D eigenvalue weighted by Crippen LogP contribution is 2.44. The molecule has 0 spiro atoms. The minimum atomic E-state index is -0.0464. The fourth-order valence-electron chi connectivity index (χ4n) is 9.09. The van der Waals surface area contributed by atoms with Gasteiger partial charge in [-0.3, -0.25) is 0 Å². The van der Waals surface area contributed by atoms with E-state index in [0.29, 0.717) is 0 Å². The molecule has 0 amide bonds. The molecule has 2 aliphatic rings. The third-order valence-corrected chi connectivity index (χ3v) is 11.5. The maximum atomic E-state index is 6.92. The van der Waals surface area contributed by atoms with Gasteiger partial charge in [-0.15, -0.1) is 0 Å². The number of hydrogen-bond donors (Lipinski definition) is 0. The van der Waals surface area contributed by atoms with Crippen LogP contribution in [0.15, 0.2) is 192 Å². The maximum absolute atomic E-state index is 6.92. The molecule has 5 heteroatoms. The fourth-order valence-corrected chi connectivity index (χ4v) is 9.09. The molecule has 0 aliphatic carbocycles. The van der Waals surface area contributed by atoms with Crippen molar-refractivity contribution in [1.82, 2.24) is 0 Å². The van der Waals surface area contributed by atoms with Gasteiger partial charge in [-0.05, 0) is 124 Å². The molecule has 4 nitrogen and oxygen atoms in total. The Morgan fingerprint density at radius 1 is 0.436 bits per heavy atom. The van der Waals surface area contributed by atoms with Crippen LogP contribution in [0.2, 0.25) is 0 Å². The molecule has 0 bridgehead atoms. The summed E-state index contributed by atoms with van der Waals surface area (Å²) in [7, 11) is 0. The van der Waals surface area contributed by atoms with Gasteiger partial charge in [0.25, 0.3) is 6.71 Å². The minimum absolute atomic E-state index is 0.0464. The third kappa shape index (κ3) is 4.47. The zero-order chi connectivity index (χ0) is 36.0. The zero-order valence-corrected chi connectivity index (χ0v) is 29.7. The highest BCUT2D eigenvalue weighted by Gasteiger charge is 2.43. The van der Waals surface area contributed by atoms with Crippen molar-refractivity contribution >= 4 is 101 Å². The summed E-state index contributed by atoms with van der Waals surface area (Å²) in [6.07, 6.45) is 0. The fraction of sp³-hybridized carbons (Fsp3) is 0. The number of fused-ring (bicyclic) bond motifs is 11. The van der Waals surface area contributed by atoms with Crippen LogP contribution in [-0.4, -0.2) is 6.71 Å². The van der Waals surface area contributed by atoms with Crippen molar-refractivity contribution in [1.29, 1.82) is 0 Å². The van der Waals surface area contributed by atoms with E-state index in [1.165, 1.54) is 27.4 Å². The van der Waals surface area contributed by atoms with E-state index in [1.54, 1.807) is 0 Å². The molecule has 55 heavy (non-hydrogen) atoms. The van der Waals surface area contributed by atoms with E-state index in [2.05, 4.69) is 198 Å². The predicted octanol–water partition coefficient (Wildman–Crippen LogP) is 11.8. The summed E-state index contributed by atoms with van der Waals surface area (Å²) >= 11 is 0. The lowest BCUT2D eigenvalue weighted by molar-refractivity contribution is 0.488. The molecular weight excluding hydrogens is 671 g/mol. The van der Waals surface area contributed by atoms with Crippen LogP contribution in [0.1, 0.15) is 0 Å². The SMILES string of the molecule is c1ccc(N(c2ccccc2)c2ccc3c(ccc4c5cc6c(cc5oc34)B3c4c(cccc4N(c4ccccc4)c4ccc5ccccc5c43)O6)c2)cc1. The van der Waals surface area contributed by atoms with Gasteiger partial charge in [0.2, 0.25) is 0 Å². The number of ether oxygens (including phenoxy) is 1. The summed E-state index contributed by atoms with van der Waals surface area (Å²) in [5.41, 5.74) is 12.1. The Morgan fingerprint density at radius 2 is 1.13 bits per heavy atom. The quantitative estimate of drug-likeness (QED) is 0.171. The molecule has 2 aliphatic heterocycles. The van der Waals surface area contributed by atoms with Gasteiger partial charge < -0.3 is 19.0 Å². The number of anilines is 6. The molecule has 0 radical (unpaired) electrons. The van der Waals surface area contributed by atoms with Gasteiger partial charge in [0.05, 0.1) is 0 Å². The second-order valence-electron chi connectivity index (χ2n) is 14.5. The number of nitrogens with zero attached hydrogens (tertiary/aromatic N) is 2. The van der Waals surface area contributed by atoms with Crippen LogP contribution in [0.3, 0.4) is 0 Å². The van der Waals surface area contributed by atoms with Crippen LogP contribution >= 0.6 is 0 Å². The van der Waals surface area contributed by atoms with Crippen LogP contribution < -0.4 is 30.9 Å². The molecule has 9 aromatic carbocycles. The van der Waals surface area contributed by atoms with Crippen molar-refractivity contribution in [2.75, 3.05) is 9.80 Å². The molecule has 1 aromatic heterocycles. The van der Waals surface area contributed by atoms with Crippen LogP contribution in [0.25, 0.3) is 43.5 Å². The maximum Gasteiger partial charge on any atom is 0.257 e. The van der Waals surface area contributed by atoms with E-state index in [4.69, 9.17) is 9.15 Å². The Kier molecular flexibility index (Phi) is 6.40. The van der Waals surface area contributed by atoms with Crippen molar-refractivity contribution in [3.8, 4) is 11.5 Å². The summed E-state index contributed by atoms with van der Waals surface area (Å²) in [6.45, 7) is -0.0464. The average Bonchev–Trinajstić information content (AvgIpc) is 3.61. The van der Waals surface area contributed by atoms with E-state index in [9.17, 15) is 0 Å². The first kappa shape index (κ1) is 30.2. The van der Waals surface area contributed by atoms with Crippen molar-refractivity contribution in [3.63, 3.8) is 0 Å². The number of furan rings is 1. The number of rotatable bonds is 4. The molecule has 0 saturated heterocycles. The molecule has 0 fully saturated rings. The molecule has 256 valence electrons. The van der Waals surface area contributed by atoms with Crippen LogP contribution in [0.4, 0.5) is 34.1 Å². The summed E-state index contributed by atoms with van der Waals surface area (Å²) < 4.78 is 13.8. The van der Waals surface area contributed by atoms with E-state index < -0.39 is 0 Å². The molecule has 12 rings (SSSR count).